The Bertz CT molecular complexity index is 617. The number of hydrogen-bond donors (Lipinski definition) is 2. The van der Waals surface area contributed by atoms with E-state index in [9.17, 15) is 0 Å². The lowest BCUT2D eigenvalue weighted by Crippen LogP contribution is -2.16. The summed E-state index contributed by atoms with van der Waals surface area (Å²) in [5, 5.41) is 7.12. The van der Waals surface area contributed by atoms with Gasteiger partial charge in [-0.05, 0) is 68.1 Å². The summed E-state index contributed by atoms with van der Waals surface area (Å²) in [6.45, 7) is 7.19. The molecule has 21 heavy (non-hydrogen) atoms. The highest BCUT2D eigenvalue weighted by Gasteiger charge is 2.13. The molecule has 3 nitrogen and oxygen atoms in total. The first-order valence-electron chi connectivity index (χ1n) is 7.71. The third-order valence-electron chi connectivity index (χ3n) is 4.18. The topological polar surface area (TPSA) is 37.0 Å². The molecule has 0 bridgehead atoms. The van der Waals surface area contributed by atoms with E-state index in [0.717, 1.165) is 38.2 Å². The Hall–Kier alpha value is -1.87. The van der Waals surface area contributed by atoms with Crippen molar-refractivity contribution in [3.05, 3.63) is 58.4 Å². The molecule has 2 N–H and O–H groups in total. The van der Waals surface area contributed by atoms with E-state index in [1.54, 1.807) is 0 Å². The molecule has 0 amide bonds. The molecule has 110 valence electrons. The summed E-state index contributed by atoms with van der Waals surface area (Å²) < 4.78 is 0. The SMILES string of the molecule is Cc1ccc(CNc2c(C)ccc3c2CCNCC3)cn1. The Balaban J connectivity index is 1.82. The van der Waals surface area contributed by atoms with Gasteiger partial charge in [0.25, 0.3) is 0 Å². The Kier molecular flexibility index (Phi) is 4.20. The molecule has 0 unspecified atom stereocenters. The first-order valence-corrected chi connectivity index (χ1v) is 7.71. The van der Waals surface area contributed by atoms with E-state index in [4.69, 9.17) is 0 Å². The van der Waals surface area contributed by atoms with Gasteiger partial charge in [0.1, 0.15) is 0 Å². The van der Waals surface area contributed by atoms with E-state index in [1.807, 2.05) is 13.1 Å². The lowest BCUT2D eigenvalue weighted by molar-refractivity contribution is 0.711. The predicted octanol–water partition coefficient (Wildman–Crippen LogP) is 3.00. The van der Waals surface area contributed by atoms with Crippen LogP contribution in [-0.4, -0.2) is 18.1 Å². The van der Waals surface area contributed by atoms with Crippen LogP contribution in [0.1, 0.15) is 27.9 Å². The van der Waals surface area contributed by atoms with Crippen LogP contribution in [0.2, 0.25) is 0 Å². The molecule has 1 aromatic carbocycles. The summed E-state index contributed by atoms with van der Waals surface area (Å²) in [6, 6.07) is 8.74. The van der Waals surface area contributed by atoms with Gasteiger partial charge in [-0.3, -0.25) is 4.98 Å². The van der Waals surface area contributed by atoms with Crippen LogP contribution in [0.15, 0.2) is 30.5 Å². The number of fused-ring (bicyclic) bond motifs is 1. The minimum atomic E-state index is 0.831. The van der Waals surface area contributed by atoms with Gasteiger partial charge >= 0.3 is 0 Å². The molecule has 1 aliphatic rings. The van der Waals surface area contributed by atoms with Gasteiger partial charge in [-0.2, -0.15) is 0 Å². The number of nitrogens with zero attached hydrogens (tertiary/aromatic N) is 1. The maximum absolute atomic E-state index is 4.37. The third kappa shape index (κ3) is 3.24. The molecule has 3 rings (SSSR count). The van der Waals surface area contributed by atoms with Crippen molar-refractivity contribution in [3.63, 3.8) is 0 Å². The van der Waals surface area contributed by atoms with Crippen LogP contribution in [0.5, 0.6) is 0 Å². The second-order valence-corrected chi connectivity index (χ2v) is 5.81. The first-order chi connectivity index (χ1) is 10.2. The summed E-state index contributed by atoms with van der Waals surface area (Å²) >= 11 is 0. The van der Waals surface area contributed by atoms with Crippen LogP contribution in [-0.2, 0) is 19.4 Å². The van der Waals surface area contributed by atoms with Gasteiger partial charge in [-0.15, -0.1) is 0 Å². The standard InChI is InChI=1S/C18H23N3/c1-13-3-6-16-7-9-19-10-8-17(16)18(13)21-12-15-5-4-14(2)20-11-15/h3-6,11,19,21H,7-10,12H2,1-2H3. The number of anilines is 1. The number of benzene rings is 1. The average Bonchev–Trinajstić information content (AvgIpc) is 2.73. The number of aryl methyl sites for hydroxylation is 2. The van der Waals surface area contributed by atoms with E-state index in [0.29, 0.717) is 0 Å². The number of nitrogens with one attached hydrogen (secondary N) is 2. The maximum atomic E-state index is 4.37. The van der Waals surface area contributed by atoms with Crippen LogP contribution in [0.3, 0.4) is 0 Å². The largest absolute Gasteiger partial charge is 0.380 e. The van der Waals surface area contributed by atoms with Crippen LogP contribution in [0.4, 0.5) is 5.69 Å². The summed E-state index contributed by atoms with van der Waals surface area (Å²) in [7, 11) is 0. The molecule has 0 fully saturated rings. The fraction of sp³-hybridized carbons (Fsp3) is 0.389. The van der Waals surface area contributed by atoms with Crippen molar-refractivity contribution >= 4 is 5.69 Å². The predicted molar refractivity (Wildman–Crippen MR) is 87.8 cm³/mol. The second-order valence-electron chi connectivity index (χ2n) is 5.81. The fourth-order valence-electron chi connectivity index (χ4n) is 2.93. The second kappa shape index (κ2) is 6.27. The fourth-order valence-corrected chi connectivity index (χ4v) is 2.93. The molecule has 0 saturated heterocycles. The lowest BCUT2D eigenvalue weighted by Gasteiger charge is -2.17. The molecule has 2 aromatic rings. The minimum Gasteiger partial charge on any atom is -0.380 e. The third-order valence-corrected chi connectivity index (χ3v) is 4.18. The summed E-state index contributed by atoms with van der Waals surface area (Å²) in [5.74, 6) is 0. The van der Waals surface area contributed by atoms with Crippen molar-refractivity contribution in [2.45, 2.75) is 33.2 Å². The smallest absolute Gasteiger partial charge is 0.0416 e. The Morgan fingerprint density at radius 1 is 1.10 bits per heavy atom. The van der Waals surface area contributed by atoms with Crippen molar-refractivity contribution < 1.29 is 0 Å². The van der Waals surface area contributed by atoms with Crippen molar-refractivity contribution in [1.29, 1.82) is 0 Å². The van der Waals surface area contributed by atoms with E-state index >= 15 is 0 Å². The number of pyridine rings is 1. The lowest BCUT2D eigenvalue weighted by atomic mass is 9.97. The van der Waals surface area contributed by atoms with Crippen molar-refractivity contribution in [2.75, 3.05) is 18.4 Å². The zero-order valence-corrected chi connectivity index (χ0v) is 12.9. The van der Waals surface area contributed by atoms with E-state index in [2.05, 4.69) is 46.8 Å². The summed E-state index contributed by atoms with van der Waals surface area (Å²) in [5.41, 5.74) is 7.90. The normalized spacial score (nSPS) is 14.4. The molecule has 1 aliphatic heterocycles. The van der Waals surface area contributed by atoms with Crippen molar-refractivity contribution in [1.82, 2.24) is 10.3 Å². The monoisotopic (exact) mass is 281 g/mol. The average molecular weight is 281 g/mol. The summed E-state index contributed by atoms with van der Waals surface area (Å²) in [6.07, 6.45) is 4.18. The number of rotatable bonds is 3. The first kappa shape index (κ1) is 14.1. The molecule has 2 heterocycles. The van der Waals surface area contributed by atoms with E-state index in [-0.39, 0.29) is 0 Å². The molecule has 1 aromatic heterocycles. The quantitative estimate of drug-likeness (QED) is 0.908. The minimum absolute atomic E-state index is 0.831. The number of aromatic nitrogens is 1. The van der Waals surface area contributed by atoms with Gasteiger partial charge in [-0.25, -0.2) is 0 Å². The zero-order valence-electron chi connectivity index (χ0n) is 12.9. The van der Waals surface area contributed by atoms with Gasteiger partial charge in [0.2, 0.25) is 0 Å². The molecular formula is C18H23N3. The molecule has 0 saturated carbocycles. The highest BCUT2D eigenvalue weighted by Crippen LogP contribution is 2.27. The van der Waals surface area contributed by atoms with E-state index < -0.39 is 0 Å². The van der Waals surface area contributed by atoms with Crippen LogP contribution in [0, 0.1) is 13.8 Å². The van der Waals surface area contributed by atoms with Crippen LogP contribution < -0.4 is 10.6 Å². The molecule has 0 atom stereocenters. The van der Waals surface area contributed by atoms with Gasteiger partial charge in [0, 0.05) is 24.1 Å². The van der Waals surface area contributed by atoms with Crippen molar-refractivity contribution in [2.24, 2.45) is 0 Å². The molecule has 0 aliphatic carbocycles. The van der Waals surface area contributed by atoms with Crippen molar-refractivity contribution in [3.8, 4) is 0 Å². The zero-order chi connectivity index (χ0) is 14.7. The van der Waals surface area contributed by atoms with E-state index in [1.165, 1.54) is 27.9 Å². The number of hydrogen-bond acceptors (Lipinski definition) is 3. The maximum Gasteiger partial charge on any atom is 0.0416 e. The van der Waals surface area contributed by atoms with Gasteiger partial charge in [0.15, 0.2) is 0 Å². The van der Waals surface area contributed by atoms with Gasteiger partial charge in [0.05, 0.1) is 0 Å². The Morgan fingerprint density at radius 2 is 1.95 bits per heavy atom. The Labute approximate surface area is 126 Å². The molecular weight excluding hydrogens is 258 g/mol. The molecule has 0 spiro atoms. The summed E-state index contributed by atoms with van der Waals surface area (Å²) in [4.78, 5) is 4.37. The van der Waals surface area contributed by atoms with Gasteiger partial charge < -0.3 is 10.6 Å². The molecule has 0 radical (unpaired) electrons. The Morgan fingerprint density at radius 3 is 2.76 bits per heavy atom. The van der Waals surface area contributed by atoms with Gasteiger partial charge in [-0.1, -0.05) is 18.2 Å². The highest BCUT2D eigenvalue weighted by atomic mass is 14.9. The molecule has 3 heteroatoms. The van der Waals surface area contributed by atoms with Crippen LogP contribution in [0.25, 0.3) is 0 Å². The van der Waals surface area contributed by atoms with Crippen LogP contribution >= 0.6 is 0 Å². The highest BCUT2D eigenvalue weighted by molar-refractivity contribution is 5.61.